The van der Waals surface area contributed by atoms with E-state index >= 15 is 0 Å². The van der Waals surface area contributed by atoms with Gasteiger partial charge in [0, 0.05) is 17.0 Å². The van der Waals surface area contributed by atoms with Crippen LogP contribution in [-0.2, 0) is 4.79 Å². The zero-order chi connectivity index (χ0) is 21.1. The molecule has 4 rings (SSSR count). The Morgan fingerprint density at radius 3 is 2.37 bits per heavy atom. The summed E-state index contributed by atoms with van der Waals surface area (Å²) in [7, 11) is 0. The van der Waals surface area contributed by atoms with Gasteiger partial charge in [-0.3, -0.25) is 0 Å². The van der Waals surface area contributed by atoms with E-state index in [4.69, 9.17) is 9.84 Å². The third-order valence-electron chi connectivity index (χ3n) is 4.85. The highest BCUT2D eigenvalue weighted by Crippen LogP contribution is 2.42. The highest BCUT2D eigenvalue weighted by Gasteiger charge is 2.16. The molecule has 0 spiro atoms. The van der Waals surface area contributed by atoms with Gasteiger partial charge in [0.25, 0.3) is 0 Å². The van der Waals surface area contributed by atoms with Crippen molar-refractivity contribution in [3.05, 3.63) is 96.1 Å². The van der Waals surface area contributed by atoms with Gasteiger partial charge in [0.1, 0.15) is 17.2 Å². The summed E-state index contributed by atoms with van der Waals surface area (Å²) in [6.07, 6.45) is 2.64. The summed E-state index contributed by atoms with van der Waals surface area (Å²) >= 11 is 0. The average Bonchev–Trinajstić information content (AvgIpc) is 2.73. The predicted octanol–water partition coefficient (Wildman–Crippen LogP) is 6.41. The normalized spacial score (nSPS) is 11.1. The summed E-state index contributed by atoms with van der Waals surface area (Å²) in [4.78, 5) is 10.7. The van der Waals surface area contributed by atoms with Crippen LogP contribution in [0.15, 0.2) is 84.9 Å². The van der Waals surface area contributed by atoms with E-state index in [2.05, 4.69) is 0 Å². The minimum atomic E-state index is -0.989. The maximum absolute atomic E-state index is 10.7. The number of carboxylic acid groups (broad SMARTS) is 1. The Morgan fingerprint density at radius 1 is 0.933 bits per heavy atom. The van der Waals surface area contributed by atoms with Crippen LogP contribution in [0, 0.1) is 6.92 Å². The van der Waals surface area contributed by atoms with Gasteiger partial charge in [-0.25, -0.2) is 4.79 Å². The molecule has 0 bridgehead atoms. The number of carbonyl (C=O) groups is 1. The molecule has 2 N–H and O–H groups in total. The predicted molar refractivity (Wildman–Crippen MR) is 119 cm³/mol. The third kappa shape index (κ3) is 4.03. The Bertz CT molecular complexity index is 1240. The molecule has 4 aromatic rings. The largest absolute Gasteiger partial charge is 0.508 e. The summed E-state index contributed by atoms with van der Waals surface area (Å²) < 4.78 is 6.36. The second kappa shape index (κ2) is 8.13. The highest BCUT2D eigenvalue weighted by atomic mass is 16.5. The Hall–Kier alpha value is -4.05. The van der Waals surface area contributed by atoms with E-state index in [-0.39, 0.29) is 5.75 Å². The van der Waals surface area contributed by atoms with Gasteiger partial charge < -0.3 is 14.9 Å². The fourth-order valence-corrected chi connectivity index (χ4v) is 3.50. The number of hydrogen-bond acceptors (Lipinski definition) is 3. The minimum Gasteiger partial charge on any atom is -0.508 e. The first-order valence-electron chi connectivity index (χ1n) is 9.52. The van der Waals surface area contributed by atoms with E-state index in [0.717, 1.165) is 39.1 Å². The maximum Gasteiger partial charge on any atom is 0.328 e. The molecular weight excluding hydrogens is 376 g/mol. The smallest absolute Gasteiger partial charge is 0.328 e. The Kier molecular flexibility index (Phi) is 5.22. The van der Waals surface area contributed by atoms with E-state index in [1.165, 1.54) is 6.08 Å². The number of phenolic OH excluding ortho intramolecular Hbond substituents is 1. The first kappa shape index (κ1) is 19.3. The number of fused-ring (bicyclic) bond motifs is 1. The molecule has 4 heteroatoms. The van der Waals surface area contributed by atoms with Crippen molar-refractivity contribution in [3.8, 4) is 28.4 Å². The summed E-state index contributed by atoms with van der Waals surface area (Å²) in [5, 5.41) is 20.5. The van der Waals surface area contributed by atoms with Crippen molar-refractivity contribution in [1.82, 2.24) is 0 Å². The van der Waals surface area contributed by atoms with E-state index < -0.39 is 5.97 Å². The van der Waals surface area contributed by atoms with Gasteiger partial charge in [-0.05, 0) is 65.4 Å². The van der Waals surface area contributed by atoms with Gasteiger partial charge in [-0.15, -0.1) is 0 Å². The van der Waals surface area contributed by atoms with Gasteiger partial charge in [0.15, 0.2) is 0 Å². The van der Waals surface area contributed by atoms with Crippen LogP contribution in [0.5, 0.6) is 17.2 Å². The molecule has 0 atom stereocenters. The fraction of sp³-hybridized carbons (Fsp3) is 0.0385. The van der Waals surface area contributed by atoms with Crippen molar-refractivity contribution in [1.29, 1.82) is 0 Å². The minimum absolute atomic E-state index is 0.204. The topological polar surface area (TPSA) is 66.8 Å². The number of benzene rings is 4. The van der Waals surface area contributed by atoms with E-state index in [0.29, 0.717) is 11.5 Å². The molecule has 0 amide bonds. The van der Waals surface area contributed by atoms with Crippen molar-refractivity contribution in [3.63, 3.8) is 0 Å². The average molecular weight is 396 g/mol. The fourth-order valence-electron chi connectivity index (χ4n) is 3.50. The molecule has 148 valence electrons. The number of ether oxygens (including phenoxy) is 1. The molecule has 0 fully saturated rings. The van der Waals surface area contributed by atoms with E-state index in [1.807, 2.05) is 61.5 Å². The molecular formula is C26H20O4. The lowest BCUT2D eigenvalue weighted by Crippen LogP contribution is -1.94. The molecule has 0 aromatic heterocycles. The molecule has 4 aromatic carbocycles. The van der Waals surface area contributed by atoms with Crippen molar-refractivity contribution in [2.45, 2.75) is 6.92 Å². The monoisotopic (exact) mass is 396 g/mol. The quantitative estimate of drug-likeness (QED) is 0.383. The lowest BCUT2D eigenvalue weighted by molar-refractivity contribution is -0.131. The van der Waals surface area contributed by atoms with Crippen molar-refractivity contribution in [2.75, 3.05) is 0 Å². The van der Waals surface area contributed by atoms with Gasteiger partial charge in [-0.2, -0.15) is 0 Å². The number of phenols is 1. The lowest BCUT2D eigenvalue weighted by Gasteiger charge is -2.17. The van der Waals surface area contributed by atoms with Crippen LogP contribution < -0.4 is 4.74 Å². The Balaban J connectivity index is 1.83. The molecule has 0 heterocycles. The molecule has 0 aliphatic carbocycles. The van der Waals surface area contributed by atoms with Gasteiger partial charge in [0.2, 0.25) is 0 Å². The highest BCUT2D eigenvalue weighted by molar-refractivity contribution is 5.97. The van der Waals surface area contributed by atoms with Gasteiger partial charge >= 0.3 is 5.97 Å². The van der Waals surface area contributed by atoms with Crippen LogP contribution in [-0.4, -0.2) is 16.2 Å². The van der Waals surface area contributed by atoms with Crippen LogP contribution >= 0.6 is 0 Å². The van der Waals surface area contributed by atoms with E-state index in [1.54, 1.807) is 24.3 Å². The molecule has 30 heavy (non-hydrogen) atoms. The number of hydrogen-bond donors (Lipinski definition) is 2. The second-order valence-corrected chi connectivity index (χ2v) is 7.01. The van der Waals surface area contributed by atoms with Crippen LogP contribution in [0.1, 0.15) is 11.1 Å². The Morgan fingerprint density at radius 2 is 1.67 bits per heavy atom. The molecule has 0 aliphatic rings. The summed E-state index contributed by atoms with van der Waals surface area (Å²) in [6, 6.07) is 24.6. The Labute approximate surface area is 174 Å². The molecule has 4 nitrogen and oxygen atoms in total. The number of rotatable bonds is 5. The van der Waals surface area contributed by atoms with Crippen LogP contribution in [0.2, 0.25) is 0 Å². The van der Waals surface area contributed by atoms with Crippen LogP contribution in [0.4, 0.5) is 0 Å². The van der Waals surface area contributed by atoms with E-state index in [9.17, 15) is 9.90 Å². The number of aliphatic carboxylic acids is 1. The van der Waals surface area contributed by atoms with Gasteiger partial charge in [-0.1, -0.05) is 48.5 Å². The number of aromatic hydroxyl groups is 1. The van der Waals surface area contributed by atoms with Crippen LogP contribution in [0.25, 0.3) is 28.0 Å². The first-order valence-corrected chi connectivity index (χ1v) is 9.52. The number of aryl methyl sites for hydroxylation is 1. The van der Waals surface area contributed by atoms with Gasteiger partial charge in [0.05, 0.1) is 0 Å². The van der Waals surface area contributed by atoms with Crippen LogP contribution in [0.3, 0.4) is 0 Å². The molecule has 0 aliphatic heterocycles. The molecule has 0 saturated heterocycles. The zero-order valence-electron chi connectivity index (χ0n) is 16.4. The maximum atomic E-state index is 10.7. The molecule has 0 saturated carbocycles. The first-order chi connectivity index (χ1) is 14.5. The third-order valence-corrected chi connectivity index (χ3v) is 4.85. The standard InChI is InChI=1S/C26H20O4/c1-17-15-20-16-21(27)10-13-23(20)26(25(17)19-5-3-2-4-6-19)30-22-11-7-18(8-12-22)9-14-24(28)29/h2-16,27H,1H3,(H,28,29)/b14-9+. The summed E-state index contributed by atoms with van der Waals surface area (Å²) in [5.74, 6) is 0.567. The lowest BCUT2D eigenvalue weighted by atomic mass is 9.94. The zero-order valence-corrected chi connectivity index (χ0v) is 16.4. The number of carboxylic acids is 1. The van der Waals surface area contributed by atoms with Crippen molar-refractivity contribution >= 4 is 22.8 Å². The van der Waals surface area contributed by atoms with Crippen molar-refractivity contribution < 1.29 is 19.7 Å². The molecule has 0 unspecified atom stereocenters. The second-order valence-electron chi connectivity index (χ2n) is 7.01. The summed E-state index contributed by atoms with van der Waals surface area (Å²) in [6.45, 7) is 2.03. The SMILES string of the molecule is Cc1cc2cc(O)ccc2c(Oc2ccc(/C=C/C(=O)O)cc2)c1-c1ccccc1. The van der Waals surface area contributed by atoms with Crippen molar-refractivity contribution in [2.24, 2.45) is 0 Å². The molecule has 0 radical (unpaired) electrons. The summed E-state index contributed by atoms with van der Waals surface area (Å²) in [5.41, 5.74) is 3.84.